The van der Waals surface area contributed by atoms with Crippen molar-refractivity contribution < 1.29 is 15.3 Å². The minimum Gasteiger partial charge on any atom is -0.393 e. The summed E-state index contributed by atoms with van der Waals surface area (Å²) in [5, 5.41) is 27.5. The highest BCUT2D eigenvalue weighted by Gasteiger charge is 2.18. The first-order valence-electron chi connectivity index (χ1n) is 4.15. The second-order valence-corrected chi connectivity index (χ2v) is 3.25. The Balaban J connectivity index is 3.82. The maximum absolute atomic E-state index is 9.30. The van der Waals surface area contributed by atoms with E-state index in [9.17, 15) is 5.11 Å². The van der Waals surface area contributed by atoms with E-state index in [2.05, 4.69) is 6.58 Å². The fourth-order valence-corrected chi connectivity index (χ4v) is 0.874. The van der Waals surface area contributed by atoms with Crippen LogP contribution in [0.25, 0.3) is 0 Å². The molecule has 0 rings (SSSR count). The molecule has 0 saturated heterocycles. The quantitative estimate of drug-likeness (QED) is 0.525. The summed E-state index contributed by atoms with van der Waals surface area (Å²) in [7, 11) is 0. The van der Waals surface area contributed by atoms with E-state index in [-0.39, 0.29) is 5.92 Å². The van der Waals surface area contributed by atoms with Crippen molar-refractivity contribution in [2.24, 2.45) is 5.92 Å². The summed E-state index contributed by atoms with van der Waals surface area (Å²) >= 11 is 0. The van der Waals surface area contributed by atoms with Gasteiger partial charge in [-0.15, -0.1) is 6.58 Å². The van der Waals surface area contributed by atoms with Gasteiger partial charge in [0.15, 0.2) is 0 Å². The Morgan fingerprint density at radius 2 is 1.75 bits per heavy atom. The number of aliphatic hydroxyl groups excluding tert-OH is 3. The van der Waals surface area contributed by atoms with Crippen LogP contribution in [0.4, 0.5) is 0 Å². The smallest absolute Gasteiger partial charge is 0.0977 e. The summed E-state index contributed by atoms with van der Waals surface area (Å²) in [6, 6.07) is 0. The van der Waals surface area contributed by atoms with E-state index < -0.39 is 18.3 Å². The van der Waals surface area contributed by atoms with Crippen molar-refractivity contribution in [1.82, 2.24) is 0 Å². The summed E-state index contributed by atoms with van der Waals surface area (Å²) in [6.07, 6.45) is -0.514. The lowest BCUT2D eigenvalue weighted by molar-refractivity contribution is 0.0150. The van der Waals surface area contributed by atoms with Crippen LogP contribution in [0.15, 0.2) is 12.7 Å². The van der Waals surface area contributed by atoms with Gasteiger partial charge in [0.2, 0.25) is 0 Å². The lowest BCUT2D eigenvalue weighted by Gasteiger charge is -2.20. The van der Waals surface area contributed by atoms with Crippen LogP contribution in [-0.4, -0.2) is 33.6 Å². The highest BCUT2D eigenvalue weighted by Crippen LogP contribution is 2.13. The van der Waals surface area contributed by atoms with E-state index in [0.717, 1.165) is 0 Å². The van der Waals surface area contributed by atoms with Gasteiger partial charge in [0.1, 0.15) is 0 Å². The Morgan fingerprint density at radius 3 is 2.08 bits per heavy atom. The second kappa shape index (κ2) is 5.30. The standard InChI is InChI=1S/C9H18O3/c1-4-8(11)9(12)5-6(2)7(3)10/h4,6-12H,1,5H2,2-3H3/t6?,7-,8+,9+/m0/s1. The van der Waals surface area contributed by atoms with E-state index >= 15 is 0 Å². The third-order valence-corrected chi connectivity index (χ3v) is 2.07. The molecule has 72 valence electrons. The van der Waals surface area contributed by atoms with E-state index in [0.29, 0.717) is 6.42 Å². The monoisotopic (exact) mass is 174 g/mol. The molecule has 0 aromatic carbocycles. The van der Waals surface area contributed by atoms with Gasteiger partial charge < -0.3 is 15.3 Å². The topological polar surface area (TPSA) is 60.7 Å². The molecule has 0 aliphatic rings. The zero-order chi connectivity index (χ0) is 9.72. The van der Waals surface area contributed by atoms with Crippen molar-refractivity contribution in [2.45, 2.75) is 38.6 Å². The Kier molecular flexibility index (Phi) is 5.13. The normalized spacial score (nSPS) is 21.1. The number of rotatable bonds is 5. The minimum absolute atomic E-state index is 0.0189. The predicted molar refractivity (Wildman–Crippen MR) is 47.7 cm³/mol. The Labute approximate surface area is 73.4 Å². The molecule has 0 amide bonds. The van der Waals surface area contributed by atoms with Gasteiger partial charge in [0, 0.05) is 0 Å². The van der Waals surface area contributed by atoms with Gasteiger partial charge in [-0.25, -0.2) is 0 Å². The van der Waals surface area contributed by atoms with Gasteiger partial charge in [0.05, 0.1) is 18.3 Å². The summed E-state index contributed by atoms with van der Waals surface area (Å²) in [4.78, 5) is 0. The molecule has 1 unspecified atom stereocenters. The Hall–Kier alpha value is -0.380. The molecule has 0 heterocycles. The molecule has 0 aliphatic heterocycles. The molecule has 0 saturated carbocycles. The van der Waals surface area contributed by atoms with Crippen molar-refractivity contribution in [2.75, 3.05) is 0 Å². The third-order valence-electron chi connectivity index (χ3n) is 2.07. The SMILES string of the molecule is C=C[C@@H](O)[C@H](O)CC(C)[C@H](C)O. The molecule has 0 fully saturated rings. The maximum Gasteiger partial charge on any atom is 0.0977 e. The highest BCUT2D eigenvalue weighted by molar-refractivity contribution is 4.85. The average molecular weight is 174 g/mol. The van der Waals surface area contributed by atoms with Crippen LogP contribution in [0.5, 0.6) is 0 Å². The van der Waals surface area contributed by atoms with Crippen molar-refractivity contribution >= 4 is 0 Å². The van der Waals surface area contributed by atoms with Gasteiger partial charge in [-0.1, -0.05) is 13.0 Å². The second-order valence-electron chi connectivity index (χ2n) is 3.25. The molecule has 12 heavy (non-hydrogen) atoms. The minimum atomic E-state index is -0.897. The summed E-state index contributed by atoms with van der Waals surface area (Å²) in [6.45, 7) is 6.85. The van der Waals surface area contributed by atoms with Crippen molar-refractivity contribution in [3.05, 3.63) is 12.7 Å². The molecule has 3 heteroatoms. The summed E-state index contributed by atoms with van der Waals surface area (Å²) in [5.41, 5.74) is 0. The van der Waals surface area contributed by atoms with E-state index in [4.69, 9.17) is 10.2 Å². The Bertz CT molecular complexity index is 134. The summed E-state index contributed by atoms with van der Waals surface area (Å²) in [5.74, 6) is -0.0189. The predicted octanol–water partition coefficient (Wildman–Crippen LogP) is 0.301. The molecular formula is C9H18O3. The molecule has 0 aliphatic carbocycles. The van der Waals surface area contributed by atoms with Crippen molar-refractivity contribution in [3.8, 4) is 0 Å². The van der Waals surface area contributed by atoms with Crippen LogP contribution in [-0.2, 0) is 0 Å². The van der Waals surface area contributed by atoms with Gasteiger partial charge in [0.25, 0.3) is 0 Å². The molecule has 0 bridgehead atoms. The van der Waals surface area contributed by atoms with Crippen LogP contribution in [0.3, 0.4) is 0 Å². The van der Waals surface area contributed by atoms with E-state index in [1.807, 2.05) is 6.92 Å². The van der Waals surface area contributed by atoms with Crippen LogP contribution < -0.4 is 0 Å². The van der Waals surface area contributed by atoms with Crippen LogP contribution in [0.1, 0.15) is 20.3 Å². The third kappa shape index (κ3) is 3.85. The van der Waals surface area contributed by atoms with Gasteiger partial charge in [-0.05, 0) is 19.3 Å². The van der Waals surface area contributed by atoms with Crippen molar-refractivity contribution in [1.29, 1.82) is 0 Å². The highest BCUT2D eigenvalue weighted by atomic mass is 16.3. The molecule has 4 atom stereocenters. The number of aliphatic hydroxyl groups is 3. The molecule has 0 aromatic heterocycles. The first-order chi connectivity index (χ1) is 5.49. The van der Waals surface area contributed by atoms with Gasteiger partial charge in [-0.2, -0.15) is 0 Å². The van der Waals surface area contributed by atoms with Crippen molar-refractivity contribution in [3.63, 3.8) is 0 Å². The van der Waals surface area contributed by atoms with E-state index in [1.54, 1.807) is 6.92 Å². The number of hydrogen-bond acceptors (Lipinski definition) is 3. The zero-order valence-corrected chi connectivity index (χ0v) is 7.64. The molecule has 3 N–H and O–H groups in total. The maximum atomic E-state index is 9.30. The van der Waals surface area contributed by atoms with Crippen LogP contribution in [0, 0.1) is 5.92 Å². The van der Waals surface area contributed by atoms with Gasteiger partial charge in [-0.3, -0.25) is 0 Å². The van der Waals surface area contributed by atoms with Gasteiger partial charge >= 0.3 is 0 Å². The fourth-order valence-electron chi connectivity index (χ4n) is 0.874. The molecular weight excluding hydrogens is 156 g/mol. The number of hydrogen-bond donors (Lipinski definition) is 3. The molecule has 3 nitrogen and oxygen atoms in total. The first kappa shape index (κ1) is 11.6. The molecule has 0 aromatic rings. The average Bonchev–Trinajstić information content (AvgIpc) is 2.02. The zero-order valence-electron chi connectivity index (χ0n) is 7.64. The lowest BCUT2D eigenvalue weighted by atomic mass is 9.96. The van der Waals surface area contributed by atoms with Crippen LogP contribution >= 0.6 is 0 Å². The van der Waals surface area contributed by atoms with Crippen LogP contribution in [0.2, 0.25) is 0 Å². The largest absolute Gasteiger partial charge is 0.393 e. The first-order valence-corrected chi connectivity index (χ1v) is 4.15. The van der Waals surface area contributed by atoms with E-state index in [1.165, 1.54) is 6.08 Å². The fraction of sp³-hybridized carbons (Fsp3) is 0.778. The molecule has 0 spiro atoms. The summed E-state index contributed by atoms with van der Waals surface area (Å²) < 4.78 is 0. The Morgan fingerprint density at radius 1 is 1.25 bits per heavy atom. The molecule has 0 radical (unpaired) electrons. The lowest BCUT2D eigenvalue weighted by Crippen LogP contribution is -2.28.